The third-order valence-electron chi connectivity index (χ3n) is 3.17. The van der Waals surface area contributed by atoms with Crippen molar-refractivity contribution in [2.45, 2.75) is 26.3 Å². The highest BCUT2D eigenvalue weighted by molar-refractivity contribution is 5.80. The van der Waals surface area contributed by atoms with E-state index in [-0.39, 0.29) is 11.9 Å². The highest BCUT2D eigenvalue weighted by Crippen LogP contribution is 2.42. The van der Waals surface area contributed by atoms with E-state index in [1.165, 1.54) is 6.42 Å². The van der Waals surface area contributed by atoms with Crippen molar-refractivity contribution in [3.05, 3.63) is 0 Å². The number of carbonyl (C=O) groups excluding carboxylic acids is 1. The van der Waals surface area contributed by atoms with Crippen LogP contribution in [0.4, 0.5) is 0 Å². The van der Waals surface area contributed by atoms with Crippen molar-refractivity contribution in [1.82, 2.24) is 10.6 Å². The van der Waals surface area contributed by atoms with Crippen LogP contribution in [0, 0.1) is 17.8 Å². The number of hydrogen-bond donors (Lipinski definition) is 2. The third kappa shape index (κ3) is 1.57. The number of hydrogen-bond acceptors (Lipinski definition) is 2. The molecular weight excluding hydrogens is 164 g/mol. The van der Waals surface area contributed by atoms with Crippen molar-refractivity contribution >= 4 is 5.91 Å². The summed E-state index contributed by atoms with van der Waals surface area (Å²) in [6.45, 7) is 6.11. The van der Waals surface area contributed by atoms with E-state index in [1.807, 2.05) is 13.8 Å². The van der Waals surface area contributed by atoms with Crippen LogP contribution in [-0.2, 0) is 4.79 Å². The summed E-state index contributed by atoms with van der Waals surface area (Å²) in [6, 6.07) is 0.279. The number of fused-ring (bicyclic) bond motifs is 2. The Morgan fingerprint density at radius 1 is 1.38 bits per heavy atom. The molecular formula is C10H18N2O. The molecule has 1 saturated carbocycles. The Bertz CT molecular complexity index is 201. The van der Waals surface area contributed by atoms with Crippen LogP contribution in [0.5, 0.6) is 0 Å². The lowest BCUT2D eigenvalue weighted by Crippen LogP contribution is -2.59. The van der Waals surface area contributed by atoms with E-state index < -0.39 is 0 Å². The molecule has 3 rings (SSSR count). The fourth-order valence-corrected chi connectivity index (χ4v) is 2.55. The lowest BCUT2D eigenvalue weighted by atomic mass is 9.62. The molecule has 2 heterocycles. The van der Waals surface area contributed by atoms with Gasteiger partial charge in [-0.2, -0.15) is 0 Å². The van der Waals surface area contributed by atoms with Crippen LogP contribution in [0.3, 0.4) is 0 Å². The summed E-state index contributed by atoms with van der Waals surface area (Å²) in [5.41, 5.74) is 0. The van der Waals surface area contributed by atoms with Gasteiger partial charge in [-0.3, -0.25) is 4.79 Å². The summed E-state index contributed by atoms with van der Waals surface area (Å²) in [4.78, 5) is 11.7. The van der Waals surface area contributed by atoms with Gasteiger partial charge >= 0.3 is 0 Å². The highest BCUT2D eigenvalue weighted by Gasteiger charge is 2.47. The van der Waals surface area contributed by atoms with Crippen molar-refractivity contribution in [3.63, 3.8) is 0 Å². The normalized spacial score (nSPS) is 37.0. The zero-order valence-corrected chi connectivity index (χ0v) is 8.34. The molecule has 3 aliphatic rings. The summed E-state index contributed by atoms with van der Waals surface area (Å²) in [5, 5.41) is 6.35. The molecule has 0 aromatic heterocycles. The van der Waals surface area contributed by atoms with E-state index in [0.717, 1.165) is 13.1 Å². The van der Waals surface area contributed by atoms with Crippen LogP contribution < -0.4 is 10.6 Å². The number of piperidine rings is 2. The topological polar surface area (TPSA) is 41.1 Å². The molecule has 2 aliphatic heterocycles. The lowest BCUT2D eigenvalue weighted by molar-refractivity contribution is -0.137. The molecule has 2 N–H and O–H groups in total. The third-order valence-corrected chi connectivity index (χ3v) is 3.17. The molecule has 3 fully saturated rings. The van der Waals surface area contributed by atoms with Gasteiger partial charge in [0, 0.05) is 12.0 Å². The van der Waals surface area contributed by atoms with Gasteiger partial charge in [-0.05, 0) is 45.2 Å². The molecule has 2 bridgehead atoms. The molecule has 3 heteroatoms. The Morgan fingerprint density at radius 2 is 2.00 bits per heavy atom. The van der Waals surface area contributed by atoms with Crippen LogP contribution >= 0.6 is 0 Å². The van der Waals surface area contributed by atoms with Crippen LogP contribution in [0.25, 0.3) is 0 Å². The smallest absolute Gasteiger partial charge is 0.223 e. The van der Waals surface area contributed by atoms with Crippen molar-refractivity contribution in [1.29, 1.82) is 0 Å². The Hall–Kier alpha value is -0.570. The second-order valence-electron chi connectivity index (χ2n) is 4.60. The van der Waals surface area contributed by atoms with Crippen molar-refractivity contribution in [3.8, 4) is 0 Å². The first-order chi connectivity index (χ1) is 6.18. The Kier molecular flexibility index (Phi) is 2.28. The number of amides is 1. The molecule has 0 radical (unpaired) electrons. The quantitative estimate of drug-likeness (QED) is 0.647. The maximum atomic E-state index is 11.7. The van der Waals surface area contributed by atoms with Crippen LogP contribution in [-0.4, -0.2) is 25.0 Å². The summed E-state index contributed by atoms with van der Waals surface area (Å²) in [5.74, 6) is 1.80. The van der Waals surface area contributed by atoms with E-state index in [9.17, 15) is 4.79 Å². The van der Waals surface area contributed by atoms with Gasteiger partial charge in [-0.15, -0.1) is 0 Å². The van der Waals surface area contributed by atoms with Gasteiger partial charge in [-0.1, -0.05) is 0 Å². The van der Waals surface area contributed by atoms with E-state index in [0.29, 0.717) is 17.8 Å². The van der Waals surface area contributed by atoms with Crippen LogP contribution in [0.1, 0.15) is 20.3 Å². The van der Waals surface area contributed by atoms with Crippen molar-refractivity contribution < 1.29 is 4.79 Å². The summed E-state index contributed by atoms with van der Waals surface area (Å²) < 4.78 is 0. The minimum atomic E-state index is 0.276. The molecule has 3 nitrogen and oxygen atoms in total. The summed E-state index contributed by atoms with van der Waals surface area (Å²) in [6.07, 6.45) is 1.25. The second kappa shape index (κ2) is 3.29. The Labute approximate surface area is 79.3 Å². The molecule has 0 spiro atoms. The van der Waals surface area contributed by atoms with Gasteiger partial charge in [-0.25, -0.2) is 0 Å². The molecule has 0 aromatic rings. The predicted octanol–water partition coefficient (Wildman–Crippen LogP) is 0.366. The zero-order valence-electron chi connectivity index (χ0n) is 8.34. The van der Waals surface area contributed by atoms with E-state index >= 15 is 0 Å². The lowest BCUT2D eigenvalue weighted by Gasteiger charge is -2.48. The van der Waals surface area contributed by atoms with Gasteiger partial charge < -0.3 is 10.6 Å². The van der Waals surface area contributed by atoms with Crippen LogP contribution in [0.2, 0.25) is 0 Å². The van der Waals surface area contributed by atoms with Gasteiger partial charge in [0.2, 0.25) is 5.91 Å². The molecule has 74 valence electrons. The first kappa shape index (κ1) is 9.00. The van der Waals surface area contributed by atoms with Crippen molar-refractivity contribution in [2.75, 3.05) is 13.1 Å². The fourth-order valence-electron chi connectivity index (χ4n) is 2.55. The largest absolute Gasteiger partial charge is 0.354 e. The summed E-state index contributed by atoms with van der Waals surface area (Å²) >= 11 is 0. The maximum absolute atomic E-state index is 11.7. The molecule has 1 aliphatic carbocycles. The molecule has 2 saturated heterocycles. The fraction of sp³-hybridized carbons (Fsp3) is 0.900. The van der Waals surface area contributed by atoms with E-state index in [2.05, 4.69) is 10.6 Å². The minimum Gasteiger partial charge on any atom is -0.354 e. The minimum absolute atomic E-state index is 0.276. The first-order valence-electron chi connectivity index (χ1n) is 5.19. The molecule has 2 unspecified atom stereocenters. The molecule has 0 aromatic carbocycles. The van der Waals surface area contributed by atoms with Gasteiger partial charge in [0.25, 0.3) is 0 Å². The maximum Gasteiger partial charge on any atom is 0.223 e. The highest BCUT2D eigenvalue weighted by atomic mass is 16.2. The van der Waals surface area contributed by atoms with E-state index in [4.69, 9.17) is 0 Å². The van der Waals surface area contributed by atoms with Crippen LogP contribution in [0.15, 0.2) is 0 Å². The average molecular weight is 182 g/mol. The van der Waals surface area contributed by atoms with Gasteiger partial charge in [0.15, 0.2) is 0 Å². The molecule has 1 amide bonds. The van der Waals surface area contributed by atoms with Crippen molar-refractivity contribution in [2.24, 2.45) is 17.8 Å². The van der Waals surface area contributed by atoms with Gasteiger partial charge in [0.05, 0.1) is 0 Å². The zero-order chi connectivity index (χ0) is 9.42. The Balaban J connectivity index is 1.91. The first-order valence-corrected chi connectivity index (χ1v) is 5.19. The Morgan fingerprint density at radius 3 is 2.46 bits per heavy atom. The standard InChI is InChI=1S/C10H18N2O/c1-6(2)12-10(13)9-7-3-8(9)5-11-4-7/h6-9,11H,3-5H2,1-2H3,(H,12,13). The summed E-state index contributed by atoms with van der Waals surface area (Å²) in [7, 11) is 0. The number of rotatable bonds is 2. The second-order valence-corrected chi connectivity index (χ2v) is 4.60. The average Bonchev–Trinajstić information content (AvgIpc) is 2.03. The number of carbonyl (C=O) groups is 1. The molecule has 13 heavy (non-hydrogen) atoms. The molecule has 2 atom stereocenters. The van der Waals surface area contributed by atoms with E-state index in [1.54, 1.807) is 0 Å². The number of nitrogens with one attached hydrogen (secondary N) is 2. The van der Waals surface area contributed by atoms with Gasteiger partial charge in [0.1, 0.15) is 0 Å². The predicted molar refractivity (Wildman–Crippen MR) is 51.2 cm³/mol. The SMILES string of the molecule is CC(C)NC(=O)C1C2CNCC1C2. The monoisotopic (exact) mass is 182 g/mol.